The van der Waals surface area contributed by atoms with Crippen LogP contribution >= 0.6 is 0 Å². The first-order chi connectivity index (χ1) is 15.6. The number of para-hydroxylation sites is 1. The lowest BCUT2D eigenvalue weighted by Gasteiger charge is -2.21. The van der Waals surface area contributed by atoms with E-state index in [0.717, 1.165) is 19.5 Å². The van der Waals surface area contributed by atoms with E-state index in [2.05, 4.69) is 34.5 Å². The van der Waals surface area contributed by atoms with E-state index in [1.54, 1.807) is 28.9 Å². The molecule has 1 aromatic carbocycles. The van der Waals surface area contributed by atoms with Gasteiger partial charge in [-0.1, -0.05) is 52.7 Å². The van der Waals surface area contributed by atoms with E-state index in [1.165, 1.54) is 31.2 Å². The van der Waals surface area contributed by atoms with Crippen LogP contribution in [0.15, 0.2) is 42.7 Å². The first kappa shape index (κ1) is 25.3. The average molecular weight is 439 g/mol. The maximum Gasteiger partial charge on any atom is 0.172 e. The Kier molecular flexibility index (Phi) is 10.7. The number of aromatic nitrogens is 4. The van der Waals surface area contributed by atoms with Crippen molar-refractivity contribution in [1.82, 2.24) is 25.3 Å². The van der Waals surface area contributed by atoms with Gasteiger partial charge in [0.25, 0.3) is 0 Å². The zero-order valence-electron chi connectivity index (χ0n) is 19.9. The summed E-state index contributed by atoms with van der Waals surface area (Å²) >= 11 is 0. The number of rotatable bonds is 5. The van der Waals surface area contributed by atoms with Crippen LogP contribution in [0.4, 0.5) is 5.82 Å². The highest BCUT2D eigenvalue weighted by Crippen LogP contribution is 2.29. The molecule has 2 aromatic heterocycles. The summed E-state index contributed by atoms with van der Waals surface area (Å²) in [6, 6.07) is 8.84. The summed E-state index contributed by atoms with van der Waals surface area (Å²) in [6.07, 6.45) is 9.95. The molecule has 0 unspecified atom stereocenters. The molecule has 0 saturated carbocycles. The van der Waals surface area contributed by atoms with Gasteiger partial charge in [-0.3, -0.25) is 0 Å². The summed E-state index contributed by atoms with van der Waals surface area (Å²) in [5.41, 5.74) is 9.05. The van der Waals surface area contributed by atoms with Gasteiger partial charge in [0.05, 0.1) is 11.9 Å². The van der Waals surface area contributed by atoms with Gasteiger partial charge in [0.1, 0.15) is 11.4 Å². The fraction of sp³-hybridized carbons (Fsp3) is 0.480. The summed E-state index contributed by atoms with van der Waals surface area (Å²) in [4.78, 5) is 0. The van der Waals surface area contributed by atoms with Crippen molar-refractivity contribution in [3.05, 3.63) is 48.3 Å². The summed E-state index contributed by atoms with van der Waals surface area (Å²) in [5, 5.41) is 26.1. The largest absolute Gasteiger partial charge is 0.507 e. The Morgan fingerprint density at radius 2 is 1.78 bits per heavy atom. The maximum absolute atomic E-state index is 10.1. The van der Waals surface area contributed by atoms with E-state index in [4.69, 9.17) is 5.73 Å². The molecule has 7 heteroatoms. The molecular formula is C25H38N6O. The van der Waals surface area contributed by atoms with E-state index in [9.17, 15) is 5.11 Å². The Hall–Kier alpha value is -2.93. The number of nitrogens with one attached hydrogen (secondary N) is 1. The third-order valence-corrected chi connectivity index (χ3v) is 5.35. The standard InChI is InChI=1S/C19H22N6O.C4H10.C2H6/c20-19-17(10-16(23-24-19)15-3-1-2-4-18(15)26)25-12-14(11-22-25)9-13-5-7-21-8-6-13;1-3-4-2;1-2/h1-4,10-13,21,26H,5-9H2,(H2,20,24);3-4H2,1-2H3;1-2H3. The molecule has 1 saturated heterocycles. The first-order valence-electron chi connectivity index (χ1n) is 11.8. The minimum absolute atomic E-state index is 0.157. The van der Waals surface area contributed by atoms with Crippen molar-refractivity contribution >= 4 is 5.82 Å². The van der Waals surface area contributed by atoms with Crippen molar-refractivity contribution in [1.29, 1.82) is 0 Å². The number of piperidine rings is 1. The van der Waals surface area contributed by atoms with E-state index in [-0.39, 0.29) is 5.75 Å². The molecule has 0 radical (unpaired) electrons. The number of nitrogen functional groups attached to an aromatic ring is 1. The third-order valence-electron chi connectivity index (χ3n) is 5.35. The summed E-state index contributed by atoms with van der Waals surface area (Å²) in [7, 11) is 0. The number of phenolic OH excluding ortho intramolecular Hbond substituents is 1. The van der Waals surface area contributed by atoms with Crippen molar-refractivity contribution < 1.29 is 5.11 Å². The Morgan fingerprint density at radius 3 is 2.44 bits per heavy atom. The molecule has 32 heavy (non-hydrogen) atoms. The summed E-state index contributed by atoms with van der Waals surface area (Å²) in [6.45, 7) is 10.5. The molecule has 0 spiro atoms. The van der Waals surface area contributed by atoms with Gasteiger partial charge in [-0.25, -0.2) is 4.68 Å². The smallest absolute Gasteiger partial charge is 0.172 e. The fourth-order valence-electron chi connectivity index (χ4n) is 3.41. The highest BCUT2D eigenvalue weighted by Gasteiger charge is 2.16. The van der Waals surface area contributed by atoms with Crippen LogP contribution in [0.25, 0.3) is 16.9 Å². The molecule has 0 atom stereocenters. The molecule has 3 heterocycles. The van der Waals surface area contributed by atoms with Gasteiger partial charge in [0.2, 0.25) is 0 Å². The van der Waals surface area contributed by atoms with E-state index in [0.29, 0.717) is 28.7 Å². The Labute approximate surface area is 192 Å². The van der Waals surface area contributed by atoms with Gasteiger partial charge in [0.15, 0.2) is 5.82 Å². The third kappa shape index (κ3) is 7.05. The Balaban J connectivity index is 0.000000547. The lowest BCUT2D eigenvalue weighted by molar-refractivity contribution is 0.372. The molecule has 174 valence electrons. The zero-order chi connectivity index (χ0) is 23.3. The van der Waals surface area contributed by atoms with Crippen LogP contribution < -0.4 is 11.1 Å². The number of aromatic hydroxyl groups is 1. The maximum atomic E-state index is 10.1. The van der Waals surface area contributed by atoms with Gasteiger partial charge in [-0.15, -0.1) is 10.2 Å². The Bertz CT molecular complexity index is 932. The highest BCUT2D eigenvalue weighted by molar-refractivity contribution is 5.70. The number of hydrogen-bond donors (Lipinski definition) is 3. The number of hydrogen-bond acceptors (Lipinski definition) is 6. The molecule has 0 amide bonds. The average Bonchev–Trinajstić information content (AvgIpc) is 3.30. The summed E-state index contributed by atoms with van der Waals surface area (Å²) < 4.78 is 1.74. The van der Waals surface area contributed by atoms with Crippen molar-refractivity contribution in [3.8, 4) is 22.7 Å². The molecule has 0 bridgehead atoms. The van der Waals surface area contributed by atoms with Crippen molar-refractivity contribution in [2.45, 2.75) is 59.8 Å². The number of nitrogens with two attached hydrogens (primary N) is 1. The molecular weight excluding hydrogens is 400 g/mol. The minimum Gasteiger partial charge on any atom is -0.507 e. The molecule has 4 N–H and O–H groups in total. The van der Waals surface area contributed by atoms with Crippen molar-refractivity contribution in [3.63, 3.8) is 0 Å². The monoisotopic (exact) mass is 438 g/mol. The summed E-state index contributed by atoms with van der Waals surface area (Å²) in [5.74, 6) is 1.16. The highest BCUT2D eigenvalue weighted by atomic mass is 16.3. The van der Waals surface area contributed by atoms with Crippen LogP contribution in [0.5, 0.6) is 5.75 Å². The molecule has 0 aliphatic carbocycles. The minimum atomic E-state index is 0.157. The predicted octanol–water partition coefficient (Wildman–Crippen LogP) is 4.99. The topological polar surface area (TPSA) is 102 Å². The lowest BCUT2D eigenvalue weighted by atomic mass is 9.92. The first-order valence-corrected chi connectivity index (χ1v) is 11.8. The lowest BCUT2D eigenvalue weighted by Crippen LogP contribution is -2.28. The van der Waals surface area contributed by atoms with Crippen molar-refractivity contribution in [2.75, 3.05) is 18.8 Å². The number of benzene rings is 1. The molecule has 1 aliphatic heterocycles. The van der Waals surface area contributed by atoms with Crippen LogP contribution in [-0.4, -0.2) is 38.2 Å². The van der Waals surface area contributed by atoms with Crippen LogP contribution in [-0.2, 0) is 6.42 Å². The second kappa shape index (κ2) is 13.5. The number of nitrogens with zero attached hydrogens (tertiary/aromatic N) is 4. The molecule has 3 aromatic rings. The molecule has 1 fully saturated rings. The van der Waals surface area contributed by atoms with Gasteiger partial charge >= 0.3 is 0 Å². The van der Waals surface area contributed by atoms with Crippen LogP contribution in [0.1, 0.15) is 58.9 Å². The quantitative estimate of drug-likeness (QED) is 0.518. The predicted molar refractivity (Wildman–Crippen MR) is 132 cm³/mol. The normalized spacial score (nSPS) is 13.5. The van der Waals surface area contributed by atoms with E-state index in [1.807, 2.05) is 32.3 Å². The van der Waals surface area contributed by atoms with Gasteiger partial charge in [0, 0.05) is 11.8 Å². The number of unbranched alkanes of at least 4 members (excludes halogenated alkanes) is 1. The van der Waals surface area contributed by atoms with E-state index < -0.39 is 0 Å². The molecule has 4 rings (SSSR count). The van der Waals surface area contributed by atoms with Gasteiger partial charge in [-0.2, -0.15) is 5.10 Å². The van der Waals surface area contributed by atoms with Crippen LogP contribution in [0.2, 0.25) is 0 Å². The number of anilines is 1. The molecule has 7 nitrogen and oxygen atoms in total. The second-order valence-electron chi connectivity index (χ2n) is 7.71. The van der Waals surface area contributed by atoms with Gasteiger partial charge in [-0.05, 0) is 62.0 Å². The zero-order valence-corrected chi connectivity index (χ0v) is 19.9. The van der Waals surface area contributed by atoms with Gasteiger partial charge < -0.3 is 16.2 Å². The van der Waals surface area contributed by atoms with E-state index >= 15 is 0 Å². The molecule has 1 aliphatic rings. The number of phenols is 1. The van der Waals surface area contributed by atoms with Crippen LogP contribution in [0.3, 0.4) is 0 Å². The SMILES string of the molecule is CC.CCCC.Nc1nnc(-c2ccccc2O)cc1-n1cc(CC2CCNCC2)cn1. The van der Waals surface area contributed by atoms with Crippen LogP contribution in [0, 0.1) is 5.92 Å². The van der Waals surface area contributed by atoms with Crippen molar-refractivity contribution in [2.24, 2.45) is 5.92 Å². The Morgan fingerprint density at radius 1 is 1.09 bits per heavy atom. The fourth-order valence-corrected chi connectivity index (χ4v) is 3.41. The second-order valence-corrected chi connectivity index (χ2v) is 7.71.